The molecule has 5 rings (SSSR count). The molecular weight excluding hydrogens is 403 g/mol. The average molecular weight is 421 g/mol. The van der Waals surface area contributed by atoms with Gasteiger partial charge in [-0.15, -0.1) is 0 Å². The normalized spacial score (nSPS) is 15.8. The van der Waals surface area contributed by atoms with Gasteiger partial charge in [-0.25, -0.2) is 4.39 Å². The standard InChI is InChI=1S/C24H18ClFN2O2/c25-19-10-15(7-8-22(19)29)17-11-23(30)27-20-5-2-6-21-24(20)18(17)13-28(21)12-14-3-1-4-16(26)9-14/h1-10,13,17,29H,11-12H2,(H,27,30)/t17-/m1/s1. The van der Waals surface area contributed by atoms with Gasteiger partial charge in [0.1, 0.15) is 11.6 Å². The van der Waals surface area contributed by atoms with E-state index in [2.05, 4.69) is 9.88 Å². The minimum atomic E-state index is -0.269. The highest BCUT2D eigenvalue weighted by atomic mass is 35.5. The van der Waals surface area contributed by atoms with Gasteiger partial charge in [-0.2, -0.15) is 0 Å². The topological polar surface area (TPSA) is 54.3 Å². The first-order valence-corrected chi connectivity index (χ1v) is 10.0. The number of carbonyl (C=O) groups is 1. The number of nitrogens with zero attached hydrogens (tertiary/aromatic N) is 1. The van der Waals surface area contributed by atoms with Crippen molar-refractivity contribution in [3.63, 3.8) is 0 Å². The molecule has 0 fully saturated rings. The number of phenols is 1. The van der Waals surface area contributed by atoms with Gasteiger partial charge in [0.25, 0.3) is 0 Å². The van der Waals surface area contributed by atoms with E-state index in [9.17, 15) is 14.3 Å². The zero-order chi connectivity index (χ0) is 20.8. The highest BCUT2D eigenvalue weighted by Crippen LogP contribution is 2.42. The molecule has 2 heterocycles. The lowest BCUT2D eigenvalue weighted by molar-refractivity contribution is -0.116. The second-order valence-corrected chi connectivity index (χ2v) is 7.96. The first-order chi connectivity index (χ1) is 14.5. The first kappa shape index (κ1) is 18.7. The Labute approximate surface area is 177 Å². The van der Waals surface area contributed by atoms with E-state index in [1.165, 1.54) is 12.1 Å². The summed E-state index contributed by atoms with van der Waals surface area (Å²) in [7, 11) is 0. The van der Waals surface area contributed by atoms with E-state index in [0.29, 0.717) is 6.54 Å². The molecule has 0 unspecified atom stereocenters. The van der Waals surface area contributed by atoms with Crippen LogP contribution in [0.1, 0.15) is 29.0 Å². The Hall–Kier alpha value is -3.31. The summed E-state index contributed by atoms with van der Waals surface area (Å²) in [6, 6.07) is 17.4. The van der Waals surface area contributed by atoms with Gasteiger partial charge in [-0.1, -0.05) is 35.9 Å². The molecule has 6 heteroatoms. The minimum absolute atomic E-state index is 0.00714. The lowest BCUT2D eigenvalue weighted by Gasteiger charge is -2.15. The third-order valence-corrected chi connectivity index (χ3v) is 5.89. The van der Waals surface area contributed by atoms with Crippen LogP contribution in [0.2, 0.25) is 5.02 Å². The van der Waals surface area contributed by atoms with Gasteiger partial charge in [-0.3, -0.25) is 4.79 Å². The number of amides is 1. The van der Waals surface area contributed by atoms with Crippen molar-refractivity contribution >= 4 is 34.1 Å². The minimum Gasteiger partial charge on any atom is -0.506 e. The van der Waals surface area contributed by atoms with Crippen molar-refractivity contribution in [2.24, 2.45) is 0 Å². The van der Waals surface area contributed by atoms with E-state index in [-0.39, 0.29) is 34.8 Å². The molecular formula is C24H18ClFN2O2. The maximum absolute atomic E-state index is 13.7. The van der Waals surface area contributed by atoms with E-state index >= 15 is 0 Å². The predicted molar refractivity (Wildman–Crippen MR) is 116 cm³/mol. The Morgan fingerprint density at radius 3 is 2.77 bits per heavy atom. The second-order valence-electron chi connectivity index (χ2n) is 7.56. The summed E-state index contributed by atoms with van der Waals surface area (Å²) in [5.74, 6) is -0.560. The van der Waals surface area contributed by atoms with Crippen molar-refractivity contribution < 1.29 is 14.3 Å². The fourth-order valence-electron chi connectivity index (χ4n) is 4.25. The van der Waals surface area contributed by atoms with Crippen LogP contribution in [-0.4, -0.2) is 15.6 Å². The molecule has 1 aliphatic heterocycles. The van der Waals surface area contributed by atoms with Crippen LogP contribution in [0.25, 0.3) is 10.9 Å². The lowest BCUT2D eigenvalue weighted by Crippen LogP contribution is -2.14. The third kappa shape index (κ3) is 3.21. The van der Waals surface area contributed by atoms with Crippen LogP contribution < -0.4 is 5.32 Å². The molecule has 4 aromatic rings. The van der Waals surface area contributed by atoms with Crippen molar-refractivity contribution in [2.75, 3.05) is 5.32 Å². The van der Waals surface area contributed by atoms with E-state index in [1.54, 1.807) is 24.3 Å². The van der Waals surface area contributed by atoms with Crippen molar-refractivity contribution in [1.29, 1.82) is 0 Å². The Balaban J connectivity index is 1.69. The van der Waals surface area contributed by atoms with Crippen LogP contribution in [0, 0.1) is 5.82 Å². The third-order valence-electron chi connectivity index (χ3n) is 5.59. The predicted octanol–water partition coefficient (Wildman–Crippen LogP) is 5.66. The molecule has 4 nitrogen and oxygen atoms in total. The Morgan fingerprint density at radius 1 is 1.13 bits per heavy atom. The molecule has 1 aliphatic rings. The van der Waals surface area contributed by atoms with Gasteiger partial charge in [-0.05, 0) is 53.1 Å². The van der Waals surface area contributed by atoms with E-state index in [4.69, 9.17) is 11.6 Å². The van der Waals surface area contributed by atoms with Gasteiger partial charge in [0.05, 0.1) is 16.2 Å². The summed E-state index contributed by atoms with van der Waals surface area (Å²) in [5, 5.41) is 14.0. The number of carbonyl (C=O) groups excluding carboxylic acids is 1. The summed E-state index contributed by atoms with van der Waals surface area (Å²) in [6.07, 6.45) is 2.29. The summed E-state index contributed by atoms with van der Waals surface area (Å²) < 4.78 is 15.8. The number of hydrogen-bond donors (Lipinski definition) is 2. The highest BCUT2D eigenvalue weighted by Gasteiger charge is 2.28. The number of rotatable bonds is 3. The maximum atomic E-state index is 13.7. The zero-order valence-corrected chi connectivity index (χ0v) is 16.7. The van der Waals surface area contributed by atoms with Crippen LogP contribution in [0.15, 0.2) is 66.9 Å². The molecule has 0 aliphatic carbocycles. The largest absolute Gasteiger partial charge is 0.506 e. The smallest absolute Gasteiger partial charge is 0.225 e. The maximum Gasteiger partial charge on any atom is 0.225 e. The fraction of sp³-hybridized carbons (Fsp3) is 0.125. The number of halogens is 2. The van der Waals surface area contributed by atoms with E-state index in [1.807, 2.05) is 30.5 Å². The first-order valence-electron chi connectivity index (χ1n) is 9.64. The lowest BCUT2D eigenvalue weighted by atomic mass is 9.88. The molecule has 1 amide bonds. The summed E-state index contributed by atoms with van der Waals surface area (Å²) in [6.45, 7) is 0.509. The molecule has 0 saturated carbocycles. The molecule has 30 heavy (non-hydrogen) atoms. The van der Waals surface area contributed by atoms with Crippen molar-refractivity contribution in [1.82, 2.24) is 4.57 Å². The molecule has 1 atom stereocenters. The van der Waals surface area contributed by atoms with Crippen LogP contribution in [-0.2, 0) is 11.3 Å². The molecule has 0 bridgehead atoms. The van der Waals surface area contributed by atoms with Gasteiger partial charge in [0.15, 0.2) is 0 Å². The van der Waals surface area contributed by atoms with Crippen molar-refractivity contribution in [2.45, 2.75) is 18.9 Å². The Kier molecular flexibility index (Phi) is 4.48. The quantitative estimate of drug-likeness (QED) is 0.449. The SMILES string of the molecule is O=C1C[C@H](c2ccc(O)c(Cl)c2)c2cn(Cc3cccc(F)c3)c3cccc(c23)N1. The summed E-state index contributed by atoms with van der Waals surface area (Å²) in [5.41, 5.74) is 4.43. The Morgan fingerprint density at radius 2 is 1.97 bits per heavy atom. The van der Waals surface area contributed by atoms with Crippen LogP contribution in [0.3, 0.4) is 0 Å². The molecule has 0 saturated heterocycles. The summed E-state index contributed by atoms with van der Waals surface area (Å²) >= 11 is 6.15. The molecule has 0 radical (unpaired) electrons. The fourth-order valence-corrected chi connectivity index (χ4v) is 4.44. The Bertz CT molecular complexity index is 1300. The molecule has 150 valence electrons. The molecule has 1 aromatic heterocycles. The van der Waals surface area contributed by atoms with Crippen molar-refractivity contribution in [3.8, 4) is 5.75 Å². The second kappa shape index (κ2) is 7.18. The van der Waals surface area contributed by atoms with E-state index in [0.717, 1.165) is 33.3 Å². The molecule has 0 spiro atoms. The summed E-state index contributed by atoms with van der Waals surface area (Å²) in [4.78, 5) is 12.6. The molecule has 2 N–H and O–H groups in total. The van der Waals surface area contributed by atoms with Crippen molar-refractivity contribution in [3.05, 3.63) is 94.4 Å². The van der Waals surface area contributed by atoms with E-state index < -0.39 is 0 Å². The van der Waals surface area contributed by atoms with Crippen LogP contribution in [0.5, 0.6) is 5.75 Å². The van der Waals surface area contributed by atoms with Crippen LogP contribution in [0.4, 0.5) is 10.1 Å². The number of nitrogens with one attached hydrogen (secondary N) is 1. The number of benzene rings is 3. The monoisotopic (exact) mass is 420 g/mol. The average Bonchev–Trinajstić information content (AvgIpc) is 3.00. The molecule has 3 aromatic carbocycles. The van der Waals surface area contributed by atoms with Gasteiger partial charge < -0.3 is 15.0 Å². The highest BCUT2D eigenvalue weighted by molar-refractivity contribution is 6.32. The van der Waals surface area contributed by atoms with Gasteiger partial charge in [0, 0.05) is 30.5 Å². The zero-order valence-electron chi connectivity index (χ0n) is 15.9. The number of hydrogen-bond acceptors (Lipinski definition) is 2. The number of aromatic hydroxyl groups is 1. The van der Waals surface area contributed by atoms with Gasteiger partial charge in [0.2, 0.25) is 5.91 Å². The van der Waals surface area contributed by atoms with Crippen LogP contribution >= 0.6 is 11.6 Å². The van der Waals surface area contributed by atoms with Gasteiger partial charge >= 0.3 is 0 Å². The number of anilines is 1. The number of phenolic OH excluding ortho intramolecular Hbond substituents is 1. The number of aromatic nitrogens is 1.